The number of aryl methyl sites for hydroxylation is 1. The van der Waals surface area contributed by atoms with Crippen molar-refractivity contribution in [1.29, 1.82) is 0 Å². The number of benzene rings is 1. The highest BCUT2D eigenvalue weighted by atomic mass is 16.5. The lowest BCUT2D eigenvalue weighted by Crippen LogP contribution is -2.09. The molecule has 0 aliphatic carbocycles. The van der Waals surface area contributed by atoms with Gasteiger partial charge in [0.05, 0.1) is 6.61 Å². The summed E-state index contributed by atoms with van der Waals surface area (Å²) in [5.74, 6) is -2.01. The molecule has 0 atom stereocenters. The van der Waals surface area contributed by atoms with Gasteiger partial charge in [0.1, 0.15) is 0 Å². The lowest BCUT2D eigenvalue weighted by atomic mass is 10.1. The van der Waals surface area contributed by atoms with Gasteiger partial charge in [0.25, 0.3) is 0 Å². The van der Waals surface area contributed by atoms with E-state index in [4.69, 9.17) is 0 Å². The van der Waals surface area contributed by atoms with Crippen molar-refractivity contribution in [1.82, 2.24) is 0 Å². The minimum Gasteiger partial charge on any atom is -0.502 e. The summed E-state index contributed by atoms with van der Waals surface area (Å²) in [5.41, 5.74) is 1.44. The zero-order chi connectivity index (χ0) is 12.8. The molecule has 0 unspecified atom stereocenters. The van der Waals surface area contributed by atoms with Crippen LogP contribution in [0.5, 0.6) is 0 Å². The molecular formula is C13H14O4. The second-order valence-electron chi connectivity index (χ2n) is 3.48. The first kappa shape index (κ1) is 13.0. The Morgan fingerprint density at radius 1 is 1.29 bits per heavy atom. The van der Waals surface area contributed by atoms with E-state index in [-0.39, 0.29) is 6.61 Å². The maximum atomic E-state index is 11.6. The SMILES string of the molecule is CCOC(=O)/C(O)=C/C(=O)c1ccc(C)cc1. The number of aliphatic hydroxyl groups is 1. The zero-order valence-corrected chi connectivity index (χ0v) is 9.77. The van der Waals surface area contributed by atoms with Crippen LogP contribution in [0.3, 0.4) is 0 Å². The molecule has 1 rings (SSSR count). The second-order valence-corrected chi connectivity index (χ2v) is 3.48. The van der Waals surface area contributed by atoms with Crippen molar-refractivity contribution >= 4 is 11.8 Å². The Balaban J connectivity index is 2.81. The zero-order valence-electron chi connectivity index (χ0n) is 9.77. The Bertz CT molecular complexity index is 443. The quantitative estimate of drug-likeness (QED) is 0.375. The fourth-order valence-corrected chi connectivity index (χ4v) is 1.19. The van der Waals surface area contributed by atoms with Gasteiger partial charge in [-0.1, -0.05) is 29.8 Å². The van der Waals surface area contributed by atoms with E-state index >= 15 is 0 Å². The topological polar surface area (TPSA) is 63.6 Å². The summed E-state index contributed by atoms with van der Waals surface area (Å²) < 4.78 is 4.55. The number of carbonyl (C=O) groups excluding carboxylic acids is 2. The van der Waals surface area contributed by atoms with Crippen LogP contribution in [-0.4, -0.2) is 23.5 Å². The Morgan fingerprint density at radius 3 is 2.41 bits per heavy atom. The van der Waals surface area contributed by atoms with Crippen molar-refractivity contribution in [3.63, 3.8) is 0 Å². The van der Waals surface area contributed by atoms with Gasteiger partial charge in [-0.2, -0.15) is 0 Å². The van der Waals surface area contributed by atoms with Crippen molar-refractivity contribution in [2.75, 3.05) is 6.61 Å². The first-order valence-corrected chi connectivity index (χ1v) is 5.23. The van der Waals surface area contributed by atoms with Gasteiger partial charge in [-0.05, 0) is 13.8 Å². The first-order chi connectivity index (χ1) is 8.04. The molecule has 0 aliphatic heterocycles. The molecule has 0 spiro atoms. The van der Waals surface area contributed by atoms with Crippen molar-refractivity contribution in [3.05, 3.63) is 47.2 Å². The molecule has 0 saturated heterocycles. The van der Waals surface area contributed by atoms with Crippen molar-refractivity contribution in [3.8, 4) is 0 Å². The van der Waals surface area contributed by atoms with Gasteiger partial charge in [0, 0.05) is 11.6 Å². The number of allylic oxidation sites excluding steroid dienone is 1. The average Bonchev–Trinajstić information content (AvgIpc) is 2.30. The van der Waals surface area contributed by atoms with E-state index < -0.39 is 17.5 Å². The molecule has 0 aromatic heterocycles. The van der Waals surface area contributed by atoms with Crippen molar-refractivity contribution < 1.29 is 19.4 Å². The lowest BCUT2D eigenvalue weighted by Gasteiger charge is -2.00. The van der Waals surface area contributed by atoms with E-state index in [2.05, 4.69) is 4.74 Å². The van der Waals surface area contributed by atoms with Crippen LogP contribution < -0.4 is 0 Å². The number of hydrogen-bond acceptors (Lipinski definition) is 4. The van der Waals surface area contributed by atoms with Gasteiger partial charge in [-0.25, -0.2) is 4.79 Å². The maximum Gasteiger partial charge on any atom is 0.373 e. The van der Waals surface area contributed by atoms with Gasteiger partial charge in [0.15, 0.2) is 5.78 Å². The summed E-state index contributed by atoms with van der Waals surface area (Å²) in [6.07, 6.45) is 0.864. The molecule has 1 aromatic rings. The average molecular weight is 234 g/mol. The maximum absolute atomic E-state index is 11.6. The van der Waals surface area contributed by atoms with Crippen LogP contribution in [0.2, 0.25) is 0 Å². The summed E-state index contributed by atoms with van der Waals surface area (Å²) in [5, 5.41) is 9.30. The van der Waals surface area contributed by atoms with Crippen LogP contribution in [0.1, 0.15) is 22.8 Å². The highest BCUT2D eigenvalue weighted by Crippen LogP contribution is 2.06. The minimum atomic E-state index is -0.895. The molecule has 0 radical (unpaired) electrons. The van der Waals surface area contributed by atoms with Crippen LogP contribution in [0.15, 0.2) is 36.1 Å². The predicted molar refractivity (Wildman–Crippen MR) is 62.9 cm³/mol. The van der Waals surface area contributed by atoms with Crippen LogP contribution in [0, 0.1) is 6.92 Å². The van der Waals surface area contributed by atoms with Crippen LogP contribution >= 0.6 is 0 Å². The first-order valence-electron chi connectivity index (χ1n) is 5.23. The predicted octanol–water partition coefficient (Wildman–Crippen LogP) is 2.18. The molecule has 1 N–H and O–H groups in total. The molecular weight excluding hydrogens is 220 g/mol. The fourth-order valence-electron chi connectivity index (χ4n) is 1.19. The third-order valence-corrected chi connectivity index (χ3v) is 2.09. The van der Waals surface area contributed by atoms with E-state index in [1.807, 2.05) is 6.92 Å². The Morgan fingerprint density at radius 2 is 1.88 bits per heavy atom. The standard InChI is InChI=1S/C13H14O4/c1-3-17-13(16)12(15)8-11(14)10-6-4-9(2)5-7-10/h4-8,15H,3H2,1-2H3/b12-8-. The van der Waals surface area contributed by atoms with Gasteiger partial charge in [-0.15, -0.1) is 0 Å². The molecule has 90 valence electrons. The molecule has 4 heteroatoms. The summed E-state index contributed by atoms with van der Waals surface area (Å²) in [7, 11) is 0. The Labute approximate surface area is 99.5 Å². The molecule has 4 nitrogen and oxygen atoms in total. The highest BCUT2D eigenvalue weighted by Gasteiger charge is 2.11. The van der Waals surface area contributed by atoms with Crippen LogP contribution in [0.4, 0.5) is 0 Å². The summed E-state index contributed by atoms with van der Waals surface area (Å²) >= 11 is 0. The van der Waals surface area contributed by atoms with Gasteiger partial charge in [0.2, 0.25) is 5.76 Å². The normalized spacial score (nSPS) is 11.1. The van der Waals surface area contributed by atoms with Gasteiger partial charge in [-0.3, -0.25) is 4.79 Å². The van der Waals surface area contributed by atoms with E-state index in [0.717, 1.165) is 11.6 Å². The molecule has 0 bridgehead atoms. The minimum absolute atomic E-state index is 0.148. The third-order valence-electron chi connectivity index (χ3n) is 2.09. The highest BCUT2D eigenvalue weighted by molar-refractivity contribution is 6.07. The van der Waals surface area contributed by atoms with Crippen LogP contribution in [-0.2, 0) is 9.53 Å². The second kappa shape index (κ2) is 5.84. The number of carbonyl (C=O) groups is 2. The summed E-state index contributed by atoms with van der Waals surface area (Å²) in [6, 6.07) is 6.82. The van der Waals surface area contributed by atoms with Crippen LogP contribution in [0.25, 0.3) is 0 Å². The number of ketones is 1. The molecule has 0 saturated carbocycles. The smallest absolute Gasteiger partial charge is 0.373 e. The lowest BCUT2D eigenvalue weighted by molar-refractivity contribution is -0.141. The fraction of sp³-hybridized carbons (Fsp3) is 0.231. The molecule has 0 fully saturated rings. The molecule has 0 heterocycles. The molecule has 0 aliphatic rings. The van der Waals surface area contributed by atoms with Gasteiger partial charge >= 0.3 is 5.97 Å². The third kappa shape index (κ3) is 3.75. The Kier molecular flexibility index (Phi) is 4.46. The van der Waals surface area contributed by atoms with E-state index in [0.29, 0.717) is 5.56 Å². The van der Waals surface area contributed by atoms with Crippen molar-refractivity contribution in [2.45, 2.75) is 13.8 Å². The molecule has 17 heavy (non-hydrogen) atoms. The van der Waals surface area contributed by atoms with E-state index in [9.17, 15) is 14.7 Å². The molecule has 0 amide bonds. The molecule has 1 aromatic carbocycles. The number of esters is 1. The Hall–Kier alpha value is -2.10. The number of hydrogen-bond donors (Lipinski definition) is 1. The van der Waals surface area contributed by atoms with E-state index in [1.165, 1.54) is 0 Å². The van der Waals surface area contributed by atoms with E-state index in [1.54, 1.807) is 31.2 Å². The number of ether oxygens (including phenoxy) is 1. The monoisotopic (exact) mass is 234 g/mol. The summed E-state index contributed by atoms with van der Waals surface area (Å²) in [4.78, 5) is 22.7. The largest absolute Gasteiger partial charge is 0.502 e. The van der Waals surface area contributed by atoms with Gasteiger partial charge < -0.3 is 9.84 Å². The number of aliphatic hydroxyl groups excluding tert-OH is 1. The summed E-state index contributed by atoms with van der Waals surface area (Å²) in [6.45, 7) is 3.67. The van der Waals surface area contributed by atoms with Crippen molar-refractivity contribution in [2.24, 2.45) is 0 Å². The number of rotatable bonds is 4.